The zero-order valence-electron chi connectivity index (χ0n) is 6.82. The molecule has 0 spiro atoms. The van der Waals surface area contributed by atoms with Gasteiger partial charge in [0.15, 0.2) is 0 Å². The second kappa shape index (κ2) is 2.75. The van der Waals surface area contributed by atoms with Crippen molar-refractivity contribution in [3.8, 4) is 0 Å². The Morgan fingerprint density at radius 2 is 2.50 bits per heavy atom. The lowest BCUT2D eigenvalue weighted by atomic mass is 10.2. The van der Waals surface area contributed by atoms with Crippen molar-refractivity contribution in [3.05, 3.63) is 24.0 Å². The van der Waals surface area contributed by atoms with Crippen LogP contribution in [0.3, 0.4) is 0 Å². The van der Waals surface area contributed by atoms with Crippen molar-refractivity contribution in [1.82, 2.24) is 0 Å². The fourth-order valence-electron chi connectivity index (χ4n) is 1.45. The predicted octanol–water partition coefficient (Wildman–Crippen LogP) is 1.16. The second-order valence-corrected chi connectivity index (χ2v) is 2.95. The summed E-state index contributed by atoms with van der Waals surface area (Å²) in [4.78, 5) is 10.6. The van der Waals surface area contributed by atoms with Crippen LogP contribution in [0.4, 0.5) is 0 Å². The first-order valence-electron chi connectivity index (χ1n) is 3.97. The molecule has 3 nitrogen and oxygen atoms in total. The van der Waals surface area contributed by atoms with Gasteiger partial charge in [0.1, 0.15) is 5.76 Å². The van der Waals surface area contributed by atoms with Crippen molar-refractivity contribution in [2.75, 3.05) is 0 Å². The summed E-state index contributed by atoms with van der Waals surface area (Å²) in [6.45, 7) is 1.41. The molecule has 64 valence electrons. The highest BCUT2D eigenvalue weighted by Crippen LogP contribution is 2.26. The number of ether oxygens (including phenoxy) is 2. The summed E-state index contributed by atoms with van der Waals surface area (Å²) in [6, 6.07) is 0. The van der Waals surface area contributed by atoms with Gasteiger partial charge in [0, 0.05) is 13.3 Å². The van der Waals surface area contributed by atoms with E-state index < -0.39 is 0 Å². The van der Waals surface area contributed by atoms with Gasteiger partial charge in [0.25, 0.3) is 0 Å². The molecule has 0 radical (unpaired) electrons. The maximum atomic E-state index is 10.6. The van der Waals surface area contributed by atoms with E-state index in [2.05, 4.69) is 0 Å². The molecule has 0 aliphatic carbocycles. The molecule has 12 heavy (non-hydrogen) atoms. The topological polar surface area (TPSA) is 35.5 Å². The third-order valence-corrected chi connectivity index (χ3v) is 1.87. The normalized spacial score (nSPS) is 31.6. The minimum Gasteiger partial charge on any atom is -0.431 e. The van der Waals surface area contributed by atoms with E-state index in [0.29, 0.717) is 6.42 Å². The number of carbonyl (C=O) groups excluding carboxylic acids is 1. The molecule has 3 heteroatoms. The fourth-order valence-corrected chi connectivity index (χ4v) is 1.45. The minimum atomic E-state index is -0.262. The summed E-state index contributed by atoms with van der Waals surface area (Å²) in [5.74, 6) is 0.469. The molecule has 0 saturated heterocycles. The largest absolute Gasteiger partial charge is 0.431 e. The average Bonchev–Trinajstić information content (AvgIpc) is 2.29. The Balaban J connectivity index is 2.06. The van der Waals surface area contributed by atoms with Gasteiger partial charge >= 0.3 is 5.97 Å². The van der Waals surface area contributed by atoms with E-state index >= 15 is 0 Å². The number of rotatable bonds is 1. The molecule has 2 rings (SSSR count). The molecule has 2 aliphatic rings. The third kappa shape index (κ3) is 1.41. The molecular weight excluding hydrogens is 156 g/mol. The molecule has 2 bridgehead atoms. The van der Waals surface area contributed by atoms with Crippen LogP contribution in [0.15, 0.2) is 24.0 Å². The van der Waals surface area contributed by atoms with E-state index in [-0.39, 0.29) is 18.2 Å². The van der Waals surface area contributed by atoms with Gasteiger partial charge in [-0.15, -0.1) is 0 Å². The SMILES string of the molecule is CC(=O)OC1=C[C@H]2C=C[C@@H](C1)O2. The van der Waals surface area contributed by atoms with Crippen molar-refractivity contribution >= 4 is 5.97 Å². The number of carbonyl (C=O) groups is 1. The molecule has 0 fully saturated rings. The van der Waals surface area contributed by atoms with Gasteiger partial charge in [-0.3, -0.25) is 4.79 Å². The number of esters is 1. The maximum absolute atomic E-state index is 10.6. The molecule has 0 aromatic heterocycles. The molecule has 0 saturated carbocycles. The van der Waals surface area contributed by atoms with Gasteiger partial charge in [-0.2, -0.15) is 0 Å². The minimum absolute atomic E-state index is 0.0121. The lowest BCUT2D eigenvalue weighted by molar-refractivity contribution is -0.137. The van der Waals surface area contributed by atoms with Gasteiger partial charge < -0.3 is 9.47 Å². The van der Waals surface area contributed by atoms with Crippen molar-refractivity contribution in [3.63, 3.8) is 0 Å². The van der Waals surface area contributed by atoms with Crippen molar-refractivity contribution in [1.29, 1.82) is 0 Å². The summed E-state index contributed by atoms with van der Waals surface area (Å²) >= 11 is 0. The van der Waals surface area contributed by atoms with Gasteiger partial charge in [-0.05, 0) is 6.08 Å². The summed E-state index contributed by atoms with van der Waals surface area (Å²) in [6.07, 6.45) is 6.60. The van der Waals surface area contributed by atoms with Crippen LogP contribution >= 0.6 is 0 Å². The van der Waals surface area contributed by atoms with E-state index in [9.17, 15) is 4.79 Å². The van der Waals surface area contributed by atoms with Crippen LogP contribution < -0.4 is 0 Å². The van der Waals surface area contributed by atoms with Crippen molar-refractivity contribution < 1.29 is 14.3 Å². The molecule has 0 aromatic rings. The Labute approximate surface area is 70.7 Å². The van der Waals surface area contributed by atoms with Crippen LogP contribution in [-0.4, -0.2) is 18.2 Å². The molecule has 0 unspecified atom stereocenters. The Morgan fingerprint density at radius 3 is 3.17 bits per heavy atom. The van der Waals surface area contributed by atoms with E-state index in [4.69, 9.17) is 9.47 Å². The lowest BCUT2D eigenvalue weighted by Gasteiger charge is -2.19. The Morgan fingerprint density at radius 1 is 1.67 bits per heavy atom. The number of fused-ring (bicyclic) bond motifs is 2. The molecule has 0 aromatic carbocycles. The summed E-state index contributed by atoms with van der Waals surface area (Å²) in [5.41, 5.74) is 0. The molecule has 2 atom stereocenters. The molecule has 0 N–H and O–H groups in total. The van der Waals surface area contributed by atoms with E-state index in [0.717, 1.165) is 5.76 Å². The Bertz CT molecular complexity index is 265. The number of hydrogen-bond acceptors (Lipinski definition) is 3. The van der Waals surface area contributed by atoms with Crippen LogP contribution in [0.1, 0.15) is 13.3 Å². The Hall–Kier alpha value is -1.09. The van der Waals surface area contributed by atoms with E-state index in [1.807, 2.05) is 18.2 Å². The van der Waals surface area contributed by atoms with Gasteiger partial charge in [-0.25, -0.2) is 0 Å². The molecule has 0 amide bonds. The summed E-state index contributed by atoms with van der Waals surface area (Å²) in [7, 11) is 0. The highest BCUT2D eigenvalue weighted by atomic mass is 16.5. The van der Waals surface area contributed by atoms with Crippen molar-refractivity contribution in [2.45, 2.75) is 25.6 Å². The average molecular weight is 166 g/mol. The first-order valence-corrected chi connectivity index (χ1v) is 3.97. The second-order valence-electron chi connectivity index (χ2n) is 2.95. The van der Waals surface area contributed by atoms with E-state index in [1.54, 1.807) is 0 Å². The van der Waals surface area contributed by atoms with Crippen LogP contribution in [0.2, 0.25) is 0 Å². The third-order valence-electron chi connectivity index (χ3n) is 1.87. The highest BCUT2D eigenvalue weighted by molar-refractivity contribution is 5.67. The molecular formula is C9H10O3. The van der Waals surface area contributed by atoms with Crippen LogP contribution in [-0.2, 0) is 14.3 Å². The van der Waals surface area contributed by atoms with Gasteiger partial charge in [-0.1, -0.05) is 12.2 Å². The number of hydrogen-bond donors (Lipinski definition) is 0. The Kier molecular flexibility index (Phi) is 1.73. The van der Waals surface area contributed by atoms with E-state index in [1.165, 1.54) is 6.92 Å². The lowest BCUT2D eigenvalue weighted by Crippen LogP contribution is -2.19. The fraction of sp³-hybridized carbons (Fsp3) is 0.444. The van der Waals surface area contributed by atoms with Crippen LogP contribution in [0, 0.1) is 0 Å². The predicted molar refractivity (Wildman–Crippen MR) is 42.3 cm³/mol. The smallest absolute Gasteiger partial charge is 0.307 e. The quantitative estimate of drug-likeness (QED) is 0.433. The first kappa shape index (κ1) is 7.55. The highest BCUT2D eigenvalue weighted by Gasteiger charge is 2.25. The van der Waals surface area contributed by atoms with Crippen LogP contribution in [0.5, 0.6) is 0 Å². The molecule has 2 heterocycles. The summed E-state index contributed by atoms with van der Waals surface area (Å²) in [5, 5.41) is 0. The zero-order chi connectivity index (χ0) is 8.55. The van der Waals surface area contributed by atoms with Crippen molar-refractivity contribution in [2.24, 2.45) is 0 Å². The summed E-state index contributed by atoms with van der Waals surface area (Å²) < 4.78 is 10.4. The first-order chi connectivity index (χ1) is 5.74. The zero-order valence-corrected chi connectivity index (χ0v) is 6.82. The van der Waals surface area contributed by atoms with Gasteiger partial charge in [0.2, 0.25) is 0 Å². The molecule has 2 aliphatic heterocycles. The monoisotopic (exact) mass is 166 g/mol. The standard InChI is InChI=1S/C9H10O3/c1-6(10)11-9-4-7-2-3-8(5-9)12-7/h2-4,7-8H,5H2,1H3/t7-,8+/m1/s1. The van der Waals surface area contributed by atoms with Gasteiger partial charge in [0.05, 0.1) is 12.2 Å². The van der Waals surface area contributed by atoms with Crippen LogP contribution in [0.25, 0.3) is 0 Å². The maximum Gasteiger partial charge on any atom is 0.307 e.